The van der Waals surface area contributed by atoms with Crippen molar-refractivity contribution < 1.29 is 48.3 Å². The molecule has 3 aliphatic rings. The summed E-state index contributed by atoms with van der Waals surface area (Å²) in [5, 5.41) is 22.2. The van der Waals surface area contributed by atoms with Crippen LogP contribution in [0.3, 0.4) is 0 Å². The highest BCUT2D eigenvalue weighted by molar-refractivity contribution is 5.99. The zero-order chi connectivity index (χ0) is 47.2. The minimum atomic E-state index is -1.15. The summed E-state index contributed by atoms with van der Waals surface area (Å²) >= 11 is 0. The molecule has 16 nitrogen and oxygen atoms in total. The lowest BCUT2D eigenvalue weighted by atomic mass is 9.95. The van der Waals surface area contributed by atoms with Gasteiger partial charge in [0, 0.05) is 62.9 Å². The smallest absolute Gasteiger partial charge is 0.354 e. The minimum absolute atomic E-state index is 0.00653. The first-order valence-electron chi connectivity index (χ1n) is 23.0. The van der Waals surface area contributed by atoms with Crippen LogP contribution in [0.2, 0.25) is 0 Å². The van der Waals surface area contributed by atoms with Crippen molar-refractivity contribution in [3.8, 4) is 0 Å². The third kappa shape index (κ3) is 12.5. The van der Waals surface area contributed by atoms with Gasteiger partial charge in [-0.25, -0.2) is 19.6 Å². The molecule has 0 saturated carbocycles. The van der Waals surface area contributed by atoms with E-state index in [2.05, 4.69) is 49.4 Å². The molecule has 1 fully saturated rings. The van der Waals surface area contributed by atoms with E-state index in [0.717, 1.165) is 22.4 Å². The average Bonchev–Trinajstić information content (AvgIpc) is 4.14. The number of carboxylic acids is 2. The van der Waals surface area contributed by atoms with Crippen molar-refractivity contribution in [1.82, 2.24) is 25.1 Å². The second-order valence-electron chi connectivity index (χ2n) is 16.7. The molecule has 1 aliphatic carbocycles. The molecule has 5 aromatic rings. The monoisotopic (exact) mass is 924 g/mol. The molecular formula is C52H56N6O10. The van der Waals surface area contributed by atoms with Gasteiger partial charge in [0.2, 0.25) is 5.91 Å². The summed E-state index contributed by atoms with van der Waals surface area (Å²) in [6, 6.07) is 32.7. The second-order valence-corrected chi connectivity index (χ2v) is 16.7. The molecule has 2 amide bonds. The van der Waals surface area contributed by atoms with E-state index < -0.39 is 18.0 Å². The number of pyridine rings is 2. The van der Waals surface area contributed by atoms with Crippen molar-refractivity contribution in [2.75, 3.05) is 90.5 Å². The summed E-state index contributed by atoms with van der Waals surface area (Å²) < 4.78 is 23.9. The van der Waals surface area contributed by atoms with Gasteiger partial charge in [-0.15, -0.1) is 0 Å². The van der Waals surface area contributed by atoms with Gasteiger partial charge >= 0.3 is 11.9 Å². The summed E-state index contributed by atoms with van der Waals surface area (Å²) in [7, 11) is 0. The largest absolute Gasteiger partial charge is 0.477 e. The Morgan fingerprint density at radius 3 is 1.97 bits per heavy atom. The number of amides is 2. The molecule has 0 radical (unpaired) electrons. The van der Waals surface area contributed by atoms with Crippen LogP contribution in [0.4, 0.5) is 5.69 Å². The van der Waals surface area contributed by atoms with E-state index >= 15 is 0 Å². The maximum absolute atomic E-state index is 13.9. The molecule has 3 aromatic carbocycles. The van der Waals surface area contributed by atoms with Crippen LogP contribution in [-0.2, 0) is 36.8 Å². The molecule has 2 atom stereocenters. The number of rotatable bonds is 11. The number of nitrogens with one attached hydrogen (secondary N) is 1. The van der Waals surface area contributed by atoms with Crippen LogP contribution in [0.5, 0.6) is 0 Å². The lowest BCUT2D eigenvalue weighted by Gasteiger charge is -2.32. The molecule has 3 N–H and O–H groups in total. The summed E-state index contributed by atoms with van der Waals surface area (Å²) in [6.45, 7) is 5.87. The Bertz CT molecular complexity index is 2570. The van der Waals surface area contributed by atoms with Crippen LogP contribution >= 0.6 is 0 Å². The maximum atomic E-state index is 13.9. The number of aromatic carboxylic acids is 2. The Kier molecular flexibility index (Phi) is 16.4. The van der Waals surface area contributed by atoms with Gasteiger partial charge in [-0.3, -0.25) is 19.4 Å². The first-order chi connectivity index (χ1) is 33.2. The molecule has 2 aliphatic heterocycles. The molecule has 8 rings (SSSR count). The van der Waals surface area contributed by atoms with Crippen molar-refractivity contribution in [2.24, 2.45) is 0 Å². The Morgan fingerprint density at radius 2 is 1.28 bits per heavy atom. The highest BCUT2D eigenvalue weighted by Crippen LogP contribution is 2.51. The first-order valence-corrected chi connectivity index (χ1v) is 23.0. The molecule has 354 valence electrons. The van der Waals surface area contributed by atoms with E-state index in [1.807, 2.05) is 47.4 Å². The average molecular weight is 925 g/mol. The van der Waals surface area contributed by atoms with E-state index in [4.69, 9.17) is 18.9 Å². The molecule has 0 bridgehead atoms. The molecule has 2 aromatic heterocycles. The van der Waals surface area contributed by atoms with Crippen molar-refractivity contribution in [2.45, 2.75) is 31.5 Å². The van der Waals surface area contributed by atoms with Crippen LogP contribution < -0.4 is 10.2 Å². The number of benzene rings is 3. The van der Waals surface area contributed by atoms with E-state index in [1.54, 1.807) is 36.4 Å². The van der Waals surface area contributed by atoms with Gasteiger partial charge in [-0.05, 0) is 70.3 Å². The third-order valence-electron chi connectivity index (χ3n) is 12.1. The summed E-state index contributed by atoms with van der Waals surface area (Å²) in [4.78, 5) is 65.9. The zero-order valence-corrected chi connectivity index (χ0v) is 37.8. The number of fused-ring (bicyclic) bond motifs is 5. The Labute approximate surface area is 395 Å². The van der Waals surface area contributed by atoms with Gasteiger partial charge in [-0.2, -0.15) is 0 Å². The topological polar surface area (TPSA) is 193 Å². The highest BCUT2D eigenvalue weighted by Gasteiger charge is 2.35. The van der Waals surface area contributed by atoms with Crippen LogP contribution in [0.15, 0.2) is 115 Å². The lowest BCUT2D eigenvalue weighted by molar-refractivity contribution is -0.118. The molecule has 2 unspecified atom stereocenters. The fourth-order valence-electron chi connectivity index (χ4n) is 8.64. The van der Waals surface area contributed by atoms with Gasteiger partial charge in [-0.1, -0.05) is 72.8 Å². The number of aromatic nitrogens is 2. The predicted molar refractivity (Wildman–Crippen MR) is 253 cm³/mol. The molecule has 68 heavy (non-hydrogen) atoms. The summed E-state index contributed by atoms with van der Waals surface area (Å²) in [5.74, 6) is -2.46. The Morgan fingerprint density at radius 1 is 0.662 bits per heavy atom. The quantitative estimate of drug-likeness (QED) is 0.146. The third-order valence-corrected chi connectivity index (χ3v) is 12.1. The number of hydrogen-bond acceptors (Lipinski definition) is 12. The van der Waals surface area contributed by atoms with Gasteiger partial charge in [0.15, 0.2) is 0 Å². The number of ether oxygens (including phenoxy) is 4. The number of nitrogens with zero attached hydrogens (tertiary/aromatic N) is 5. The van der Waals surface area contributed by atoms with E-state index in [9.17, 15) is 29.4 Å². The van der Waals surface area contributed by atoms with Gasteiger partial charge in [0.1, 0.15) is 11.4 Å². The molecular weight excluding hydrogens is 869 g/mol. The summed E-state index contributed by atoms with van der Waals surface area (Å²) in [6.07, 6.45) is 2.35. The molecule has 4 heterocycles. The van der Waals surface area contributed by atoms with Crippen molar-refractivity contribution in [3.05, 3.63) is 166 Å². The minimum Gasteiger partial charge on any atom is -0.477 e. The predicted octanol–water partition coefficient (Wildman–Crippen LogP) is 5.69. The van der Waals surface area contributed by atoms with Gasteiger partial charge in [0.05, 0.1) is 76.8 Å². The second kappa shape index (κ2) is 23.4. The zero-order valence-electron chi connectivity index (χ0n) is 37.8. The molecule has 1 saturated heterocycles. The Hall–Kier alpha value is -6.66. The van der Waals surface area contributed by atoms with E-state index in [0.29, 0.717) is 109 Å². The van der Waals surface area contributed by atoms with E-state index in [-0.39, 0.29) is 42.1 Å². The number of allylic oxidation sites excluding steroid dienone is 2. The number of anilines is 1. The van der Waals surface area contributed by atoms with Crippen LogP contribution in [0.1, 0.15) is 83.4 Å². The van der Waals surface area contributed by atoms with Gasteiger partial charge < -0.3 is 39.4 Å². The number of carbonyl (C=O) groups is 4. The number of carbonyl (C=O) groups excluding carboxylic acids is 2. The van der Waals surface area contributed by atoms with Crippen LogP contribution in [0, 0.1) is 0 Å². The van der Waals surface area contributed by atoms with Gasteiger partial charge in [0.25, 0.3) is 5.91 Å². The highest BCUT2D eigenvalue weighted by atomic mass is 16.5. The lowest BCUT2D eigenvalue weighted by Crippen LogP contribution is -2.37. The van der Waals surface area contributed by atoms with Crippen molar-refractivity contribution in [3.63, 3.8) is 0 Å². The van der Waals surface area contributed by atoms with Crippen LogP contribution in [-0.4, -0.2) is 139 Å². The fraction of sp³-hybridized carbons (Fsp3) is 0.346. The number of para-hydroxylation sites is 1. The van der Waals surface area contributed by atoms with Crippen molar-refractivity contribution in [1.29, 1.82) is 0 Å². The molecule has 16 heteroatoms. The Balaban J connectivity index is 0.903. The van der Waals surface area contributed by atoms with Crippen LogP contribution in [0.25, 0.3) is 5.57 Å². The van der Waals surface area contributed by atoms with E-state index in [1.165, 1.54) is 23.3 Å². The van der Waals surface area contributed by atoms with Crippen molar-refractivity contribution >= 4 is 35.0 Å². The standard InChI is InChI=1S/C52H56N6O10/c59-48(58-34-38-7-1-2-9-40(38)42-33-43(42)41-10-3-4-14-47(41)58)19-20-53-50(60)37-17-15-36(16-18-37)49(44-11-6-13-46(55-44)52(63)64)57-23-27-67-31-29-65-25-21-56(22-26-66-30-32-68-28-24-57)35-39-8-5-12-45(54-39)51(61)62/h1-18,33,43,49H,19-32,34-35H2,(H,53,60)(H,61,62)(H,63,64). The normalized spacial score (nSPS) is 18.1. The SMILES string of the molecule is O=C(NCCC(=O)N1Cc2ccccc2C2=CC2c2ccccc21)c1ccc(C(c2cccc(C(=O)O)n2)N2CCOCCOCCN(Cc3cccc(C(=O)O)n3)CCOCCOCC2)cc1. The number of carboxylic acid groups (broad SMARTS) is 2. The summed E-state index contributed by atoms with van der Waals surface area (Å²) in [5.41, 5.74) is 7.76. The fourth-order valence-corrected chi connectivity index (χ4v) is 8.64. The maximum Gasteiger partial charge on any atom is 0.354 e. The number of hydrogen-bond donors (Lipinski definition) is 3. The first kappa shape index (κ1) is 47.8. The molecule has 0 spiro atoms.